The number of carbonyl (C=O) groups is 2. The van der Waals surface area contributed by atoms with Gasteiger partial charge in [-0.25, -0.2) is 0 Å². The minimum atomic E-state index is -0.542. The van der Waals surface area contributed by atoms with Crippen molar-refractivity contribution < 1.29 is 19.1 Å². The number of benzene rings is 2. The Balaban J connectivity index is 2.03. The molecule has 1 unspecified atom stereocenters. The van der Waals surface area contributed by atoms with E-state index in [-0.39, 0.29) is 30.6 Å². The lowest BCUT2D eigenvalue weighted by atomic mass is 9.95. The highest BCUT2D eigenvalue weighted by Crippen LogP contribution is 2.23. The third-order valence-corrected chi connectivity index (χ3v) is 4.27. The molecule has 5 nitrogen and oxygen atoms in total. The van der Waals surface area contributed by atoms with Crippen molar-refractivity contribution in [3.05, 3.63) is 47.5 Å². The molecule has 0 saturated carbocycles. The number of hydrogen-bond donors (Lipinski definition) is 1. The van der Waals surface area contributed by atoms with E-state index in [1.807, 2.05) is 43.3 Å². The number of nitrogens with one attached hydrogen (secondary N) is 1. The molecule has 2 rings (SSSR count). The minimum Gasteiger partial charge on any atom is -0.354 e. The molecule has 0 saturated heterocycles. The van der Waals surface area contributed by atoms with Crippen LogP contribution in [-0.4, -0.2) is 38.2 Å². The van der Waals surface area contributed by atoms with Crippen molar-refractivity contribution in [1.29, 1.82) is 0 Å². The number of rotatable bonds is 8. The average molecular weight is 343 g/mol. The van der Waals surface area contributed by atoms with Gasteiger partial charge in [0.2, 0.25) is 5.91 Å². The lowest BCUT2D eigenvalue weighted by molar-refractivity contribution is -0.138. The van der Waals surface area contributed by atoms with Crippen LogP contribution in [-0.2, 0) is 25.5 Å². The average Bonchev–Trinajstić information content (AvgIpc) is 2.58. The Hall–Kier alpha value is -2.24. The lowest BCUT2D eigenvalue weighted by Crippen LogP contribution is -2.43. The van der Waals surface area contributed by atoms with E-state index in [2.05, 4.69) is 5.32 Å². The predicted molar refractivity (Wildman–Crippen MR) is 97.4 cm³/mol. The van der Waals surface area contributed by atoms with E-state index in [4.69, 9.17) is 9.47 Å². The number of carbonyl (C=O) groups excluding carboxylic acids is 2. The molecule has 0 bridgehead atoms. The Morgan fingerprint density at radius 1 is 1.08 bits per heavy atom. The summed E-state index contributed by atoms with van der Waals surface area (Å²) in [6, 6.07) is 11.7. The summed E-state index contributed by atoms with van der Waals surface area (Å²) in [4.78, 5) is 24.5. The molecule has 0 spiro atoms. The third-order valence-electron chi connectivity index (χ3n) is 4.27. The monoisotopic (exact) mass is 343 g/mol. The first-order valence-corrected chi connectivity index (χ1v) is 8.30. The second-order valence-corrected chi connectivity index (χ2v) is 6.17. The summed E-state index contributed by atoms with van der Waals surface area (Å²) >= 11 is 0. The van der Waals surface area contributed by atoms with Gasteiger partial charge in [0.05, 0.1) is 12.5 Å². The number of Topliss-reactive ketones (excluding diaryl/α,β-unsaturated/α-hetero) is 1. The van der Waals surface area contributed by atoms with E-state index in [0.717, 1.165) is 21.9 Å². The van der Waals surface area contributed by atoms with Crippen LogP contribution < -0.4 is 5.32 Å². The number of methoxy groups -OCH3 is 2. The van der Waals surface area contributed by atoms with E-state index in [9.17, 15) is 9.59 Å². The molecule has 2 aromatic rings. The molecule has 2 aromatic carbocycles. The van der Waals surface area contributed by atoms with Gasteiger partial charge in [-0.05, 0) is 35.7 Å². The molecule has 0 fully saturated rings. The second-order valence-electron chi connectivity index (χ2n) is 6.17. The molecule has 5 heteroatoms. The fourth-order valence-corrected chi connectivity index (χ4v) is 3.00. The molecule has 1 atom stereocenters. The van der Waals surface area contributed by atoms with Crippen LogP contribution in [0.15, 0.2) is 36.4 Å². The van der Waals surface area contributed by atoms with Gasteiger partial charge in [-0.2, -0.15) is 0 Å². The van der Waals surface area contributed by atoms with Crippen molar-refractivity contribution in [3.8, 4) is 0 Å². The van der Waals surface area contributed by atoms with Crippen LogP contribution in [0.1, 0.15) is 24.5 Å². The molecular formula is C20H25NO4. The maximum Gasteiger partial charge on any atom is 0.227 e. The molecule has 1 N–H and O–H groups in total. The number of ether oxygens (including phenoxy) is 2. The van der Waals surface area contributed by atoms with E-state index < -0.39 is 6.29 Å². The predicted octanol–water partition coefficient (Wildman–Crippen LogP) is 2.77. The second kappa shape index (κ2) is 8.74. The lowest BCUT2D eigenvalue weighted by Gasteiger charge is -2.22. The number of fused-ring (bicyclic) bond motifs is 1. The van der Waals surface area contributed by atoms with E-state index >= 15 is 0 Å². The quantitative estimate of drug-likeness (QED) is 0.591. The van der Waals surface area contributed by atoms with Gasteiger partial charge < -0.3 is 14.8 Å². The number of hydrogen-bond acceptors (Lipinski definition) is 4. The van der Waals surface area contributed by atoms with E-state index in [0.29, 0.717) is 0 Å². The fraction of sp³-hybridized carbons (Fsp3) is 0.400. The standard InChI is InChI=1S/C20H25NO4/c1-13-9-10-15-7-5-6-8-17(15)18(13)11-16(22)12-19(23)21-14(2)20(24-3)25-4/h5-10,14,20H,11-12H2,1-4H3,(H,21,23). The first-order valence-electron chi connectivity index (χ1n) is 8.30. The van der Waals surface area contributed by atoms with Crippen LogP contribution in [0.4, 0.5) is 0 Å². The van der Waals surface area contributed by atoms with Gasteiger partial charge in [0.15, 0.2) is 6.29 Å². The minimum absolute atomic E-state index is 0.115. The summed E-state index contributed by atoms with van der Waals surface area (Å²) in [5.41, 5.74) is 2.04. The third kappa shape index (κ3) is 4.87. The summed E-state index contributed by atoms with van der Waals surface area (Å²) < 4.78 is 10.2. The molecule has 25 heavy (non-hydrogen) atoms. The van der Waals surface area contributed by atoms with Gasteiger partial charge in [-0.15, -0.1) is 0 Å². The van der Waals surface area contributed by atoms with Gasteiger partial charge in [-0.1, -0.05) is 36.4 Å². The van der Waals surface area contributed by atoms with Crippen LogP contribution in [0.25, 0.3) is 10.8 Å². The van der Waals surface area contributed by atoms with Crippen molar-refractivity contribution in [1.82, 2.24) is 5.32 Å². The van der Waals surface area contributed by atoms with Gasteiger partial charge in [-0.3, -0.25) is 9.59 Å². The van der Waals surface area contributed by atoms with Crippen molar-refractivity contribution in [2.24, 2.45) is 0 Å². The highest BCUT2D eigenvalue weighted by molar-refractivity contribution is 6.01. The summed E-state index contributed by atoms with van der Waals surface area (Å²) in [7, 11) is 3.01. The molecule has 0 aromatic heterocycles. The molecule has 0 aliphatic heterocycles. The Kier molecular flexibility index (Phi) is 6.67. The van der Waals surface area contributed by atoms with Gasteiger partial charge in [0, 0.05) is 20.6 Å². The largest absolute Gasteiger partial charge is 0.354 e. The Labute approximate surface area is 148 Å². The maximum absolute atomic E-state index is 12.4. The maximum atomic E-state index is 12.4. The molecule has 134 valence electrons. The van der Waals surface area contributed by atoms with E-state index in [1.54, 1.807) is 6.92 Å². The molecule has 0 aliphatic rings. The molecule has 0 radical (unpaired) electrons. The zero-order valence-corrected chi connectivity index (χ0v) is 15.2. The number of ketones is 1. The number of aryl methyl sites for hydroxylation is 1. The molecule has 0 aliphatic carbocycles. The van der Waals surface area contributed by atoms with Crippen LogP contribution in [0.5, 0.6) is 0 Å². The van der Waals surface area contributed by atoms with Crippen LogP contribution in [0.3, 0.4) is 0 Å². The summed E-state index contributed by atoms with van der Waals surface area (Å²) in [5, 5.41) is 4.89. The smallest absolute Gasteiger partial charge is 0.227 e. The number of amides is 1. The highest BCUT2D eigenvalue weighted by atomic mass is 16.7. The Morgan fingerprint density at radius 3 is 2.44 bits per heavy atom. The summed E-state index contributed by atoms with van der Waals surface area (Å²) in [6.45, 7) is 3.76. The molecule has 1 amide bonds. The molecule has 0 heterocycles. The van der Waals surface area contributed by atoms with Crippen molar-refractivity contribution in [2.45, 2.75) is 39.0 Å². The van der Waals surface area contributed by atoms with Crippen LogP contribution in [0, 0.1) is 6.92 Å². The normalized spacial score (nSPS) is 12.4. The van der Waals surface area contributed by atoms with Crippen LogP contribution >= 0.6 is 0 Å². The first-order chi connectivity index (χ1) is 12.0. The first kappa shape index (κ1) is 19.1. The van der Waals surface area contributed by atoms with Gasteiger partial charge in [0.1, 0.15) is 5.78 Å². The van der Waals surface area contributed by atoms with Gasteiger partial charge >= 0.3 is 0 Å². The molecular weight excluding hydrogens is 318 g/mol. The highest BCUT2D eigenvalue weighted by Gasteiger charge is 2.20. The van der Waals surface area contributed by atoms with E-state index in [1.165, 1.54) is 14.2 Å². The Bertz CT molecular complexity index is 752. The van der Waals surface area contributed by atoms with Gasteiger partial charge in [0.25, 0.3) is 0 Å². The fourth-order valence-electron chi connectivity index (χ4n) is 3.00. The summed E-state index contributed by atoms with van der Waals surface area (Å²) in [5.74, 6) is -0.440. The summed E-state index contributed by atoms with van der Waals surface area (Å²) in [6.07, 6.45) is -0.459. The SMILES string of the molecule is COC(OC)C(C)NC(=O)CC(=O)Cc1c(C)ccc2ccccc12. The topological polar surface area (TPSA) is 64.6 Å². The van der Waals surface area contributed by atoms with Crippen molar-refractivity contribution in [2.75, 3.05) is 14.2 Å². The zero-order valence-electron chi connectivity index (χ0n) is 15.2. The Morgan fingerprint density at radius 2 is 1.76 bits per heavy atom. The van der Waals surface area contributed by atoms with Crippen molar-refractivity contribution >= 4 is 22.5 Å². The van der Waals surface area contributed by atoms with Crippen LogP contribution in [0.2, 0.25) is 0 Å². The zero-order chi connectivity index (χ0) is 18.4. The van der Waals surface area contributed by atoms with Crippen molar-refractivity contribution in [3.63, 3.8) is 0 Å².